The van der Waals surface area contributed by atoms with Crippen molar-refractivity contribution >= 4 is 17.3 Å². The fraction of sp³-hybridized carbons (Fsp3) is 0.200. The molecule has 1 aromatic carbocycles. The van der Waals surface area contributed by atoms with E-state index in [1.54, 1.807) is 12.2 Å². The fourth-order valence-electron chi connectivity index (χ4n) is 1.000. The molecule has 0 spiro atoms. The van der Waals surface area contributed by atoms with Crippen LogP contribution in [0.1, 0.15) is 0 Å². The molecule has 0 saturated heterocycles. The second-order valence-corrected chi connectivity index (χ2v) is 3.06. The van der Waals surface area contributed by atoms with Gasteiger partial charge in [0.05, 0.1) is 5.69 Å². The smallest absolute Gasteiger partial charge is 0.182 e. The van der Waals surface area contributed by atoms with Gasteiger partial charge in [0.1, 0.15) is 5.82 Å². The van der Waals surface area contributed by atoms with Crippen LogP contribution < -0.4 is 5.32 Å². The molecule has 15 heavy (non-hydrogen) atoms. The third-order valence-corrected chi connectivity index (χ3v) is 1.84. The van der Waals surface area contributed by atoms with Crippen molar-refractivity contribution in [3.05, 3.63) is 41.7 Å². The summed E-state index contributed by atoms with van der Waals surface area (Å²) in [6.07, 6.45) is 3.28. The third kappa shape index (κ3) is 3.47. The number of benzene rings is 1. The topological polar surface area (TPSA) is 12.0 Å². The van der Waals surface area contributed by atoms with Crippen molar-refractivity contribution in [3.63, 3.8) is 0 Å². The predicted octanol–water partition coefficient (Wildman–Crippen LogP) is 3.31. The molecule has 0 radical (unpaired) electrons. The van der Waals surface area contributed by atoms with Gasteiger partial charge in [0.25, 0.3) is 0 Å². The Labute approximate surface area is 90.6 Å². The second kappa shape index (κ2) is 5.66. The van der Waals surface area contributed by atoms with Gasteiger partial charge in [-0.25, -0.2) is 13.2 Å². The highest BCUT2D eigenvalue weighted by Crippen LogP contribution is 2.18. The summed E-state index contributed by atoms with van der Waals surface area (Å²) in [4.78, 5) is 0. The number of rotatable bonds is 4. The molecule has 0 bridgehead atoms. The number of nitrogens with one attached hydrogen (secondary N) is 1. The van der Waals surface area contributed by atoms with Crippen molar-refractivity contribution in [2.24, 2.45) is 0 Å². The molecule has 0 aliphatic rings. The van der Waals surface area contributed by atoms with Crippen LogP contribution in [0.3, 0.4) is 0 Å². The monoisotopic (exact) mass is 235 g/mol. The summed E-state index contributed by atoms with van der Waals surface area (Å²) in [6.45, 7) is 0.256. The van der Waals surface area contributed by atoms with Gasteiger partial charge in [-0.2, -0.15) is 0 Å². The molecule has 1 nitrogen and oxygen atoms in total. The van der Waals surface area contributed by atoms with E-state index in [9.17, 15) is 13.2 Å². The van der Waals surface area contributed by atoms with Crippen LogP contribution in [0, 0.1) is 17.5 Å². The lowest BCUT2D eigenvalue weighted by Gasteiger charge is -2.05. The molecule has 5 heteroatoms. The molecule has 0 aliphatic carbocycles. The van der Waals surface area contributed by atoms with E-state index >= 15 is 0 Å². The first-order chi connectivity index (χ1) is 7.15. The zero-order chi connectivity index (χ0) is 11.3. The lowest BCUT2D eigenvalue weighted by atomic mass is 10.3. The minimum Gasteiger partial charge on any atom is -0.379 e. The summed E-state index contributed by atoms with van der Waals surface area (Å²) in [5.74, 6) is -2.78. The van der Waals surface area contributed by atoms with E-state index in [0.717, 1.165) is 6.07 Å². The molecule has 0 unspecified atom stereocenters. The van der Waals surface area contributed by atoms with Crippen LogP contribution in [0.2, 0.25) is 0 Å². The summed E-state index contributed by atoms with van der Waals surface area (Å²) in [5.41, 5.74) is -0.202. The Kier molecular flexibility index (Phi) is 4.49. The minimum absolute atomic E-state index is 0.202. The predicted molar refractivity (Wildman–Crippen MR) is 54.7 cm³/mol. The van der Waals surface area contributed by atoms with Crippen LogP contribution in [-0.2, 0) is 0 Å². The first-order valence-corrected chi connectivity index (χ1v) is 4.78. The van der Waals surface area contributed by atoms with Crippen LogP contribution in [-0.4, -0.2) is 12.4 Å². The maximum Gasteiger partial charge on any atom is 0.182 e. The molecule has 0 saturated carbocycles. The molecule has 0 atom stereocenters. The molecule has 1 rings (SSSR count). The Balaban J connectivity index is 2.72. The normalized spacial score (nSPS) is 10.9. The lowest BCUT2D eigenvalue weighted by molar-refractivity contribution is 0.497. The second-order valence-electron chi connectivity index (χ2n) is 2.76. The molecular weight excluding hydrogens is 227 g/mol. The zero-order valence-corrected chi connectivity index (χ0v) is 8.49. The molecule has 0 heterocycles. The van der Waals surface area contributed by atoms with E-state index < -0.39 is 17.5 Å². The van der Waals surface area contributed by atoms with Crippen LogP contribution in [0.25, 0.3) is 0 Å². The largest absolute Gasteiger partial charge is 0.379 e. The van der Waals surface area contributed by atoms with Gasteiger partial charge in [0.15, 0.2) is 11.6 Å². The maximum absolute atomic E-state index is 13.0. The van der Waals surface area contributed by atoms with Crippen molar-refractivity contribution in [1.82, 2.24) is 0 Å². The number of halogens is 4. The van der Waals surface area contributed by atoms with E-state index in [2.05, 4.69) is 5.32 Å². The molecular formula is C10H9ClF3N. The first kappa shape index (κ1) is 11.9. The Hall–Kier alpha value is -1.16. The first-order valence-electron chi connectivity index (χ1n) is 4.24. The van der Waals surface area contributed by atoms with E-state index in [1.807, 2.05) is 0 Å². The molecule has 1 aromatic rings. The number of allylic oxidation sites excluding steroid dienone is 1. The van der Waals surface area contributed by atoms with Crippen LogP contribution in [0.5, 0.6) is 0 Å². The highest BCUT2D eigenvalue weighted by atomic mass is 35.5. The maximum atomic E-state index is 13.0. The van der Waals surface area contributed by atoms with E-state index in [4.69, 9.17) is 11.6 Å². The number of hydrogen-bond acceptors (Lipinski definition) is 1. The van der Waals surface area contributed by atoms with Crippen molar-refractivity contribution in [3.8, 4) is 0 Å². The van der Waals surface area contributed by atoms with Gasteiger partial charge in [-0.05, 0) is 0 Å². The van der Waals surface area contributed by atoms with Gasteiger partial charge in [0.2, 0.25) is 0 Å². The summed E-state index contributed by atoms with van der Waals surface area (Å²) in [6, 6.07) is 1.39. The van der Waals surface area contributed by atoms with Crippen LogP contribution >= 0.6 is 11.6 Å². The molecule has 0 aromatic heterocycles. The Bertz CT molecular complexity index is 366. The van der Waals surface area contributed by atoms with Crippen molar-refractivity contribution in [2.45, 2.75) is 0 Å². The highest BCUT2D eigenvalue weighted by Gasteiger charge is 2.09. The Morgan fingerprint density at radius 3 is 2.60 bits per heavy atom. The quantitative estimate of drug-likeness (QED) is 0.480. The summed E-state index contributed by atoms with van der Waals surface area (Å²) < 4.78 is 38.5. The van der Waals surface area contributed by atoms with Crippen molar-refractivity contribution in [2.75, 3.05) is 17.7 Å². The fourth-order valence-corrected chi connectivity index (χ4v) is 1.13. The summed E-state index contributed by atoms with van der Waals surface area (Å²) in [5, 5.41) is 2.53. The molecule has 0 aliphatic heterocycles. The summed E-state index contributed by atoms with van der Waals surface area (Å²) >= 11 is 5.36. The van der Waals surface area contributed by atoms with Gasteiger partial charge >= 0.3 is 0 Å². The highest BCUT2D eigenvalue weighted by molar-refractivity contribution is 6.18. The SMILES string of the molecule is Fc1cc(F)c(F)c(NC/C=C/CCl)c1. The number of hydrogen-bond donors (Lipinski definition) is 1. The molecule has 1 N–H and O–H groups in total. The number of alkyl halides is 1. The van der Waals surface area contributed by atoms with Crippen LogP contribution in [0.15, 0.2) is 24.3 Å². The van der Waals surface area contributed by atoms with Gasteiger partial charge in [-0.3, -0.25) is 0 Å². The lowest BCUT2D eigenvalue weighted by Crippen LogP contribution is -2.03. The molecule has 0 amide bonds. The van der Waals surface area contributed by atoms with Gasteiger partial charge < -0.3 is 5.32 Å². The summed E-state index contributed by atoms with van der Waals surface area (Å²) in [7, 11) is 0. The Morgan fingerprint density at radius 2 is 1.93 bits per heavy atom. The zero-order valence-electron chi connectivity index (χ0n) is 7.74. The van der Waals surface area contributed by atoms with Gasteiger partial charge in [-0.1, -0.05) is 12.2 Å². The Morgan fingerprint density at radius 1 is 1.20 bits per heavy atom. The molecule has 0 fully saturated rings. The van der Waals surface area contributed by atoms with Crippen molar-refractivity contribution < 1.29 is 13.2 Å². The average Bonchev–Trinajstić information content (AvgIpc) is 2.19. The van der Waals surface area contributed by atoms with E-state index in [0.29, 0.717) is 11.9 Å². The van der Waals surface area contributed by atoms with Gasteiger partial charge in [-0.15, -0.1) is 11.6 Å². The standard InChI is InChI=1S/C10H9ClF3N/c11-3-1-2-4-15-9-6-7(12)5-8(13)10(9)14/h1-2,5-6,15H,3-4H2/b2-1+. The molecule has 82 valence electrons. The third-order valence-electron chi connectivity index (χ3n) is 1.66. The van der Waals surface area contributed by atoms with E-state index in [-0.39, 0.29) is 12.2 Å². The van der Waals surface area contributed by atoms with Crippen molar-refractivity contribution in [1.29, 1.82) is 0 Å². The average molecular weight is 236 g/mol. The number of anilines is 1. The van der Waals surface area contributed by atoms with E-state index in [1.165, 1.54) is 0 Å². The van der Waals surface area contributed by atoms with Crippen LogP contribution in [0.4, 0.5) is 18.9 Å². The minimum atomic E-state index is -1.21. The van der Waals surface area contributed by atoms with Gasteiger partial charge in [0, 0.05) is 24.6 Å².